The van der Waals surface area contributed by atoms with E-state index in [1.54, 1.807) is 0 Å². The van der Waals surface area contributed by atoms with Crippen LogP contribution in [-0.4, -0.2) is 15.6 Å². The SMILES string of the molecule is Brc1cncc(-c2cc(N3c4ccccc4C4C=CC=CC43)cc(-n3c4ccccc4c4ccccc43)c2)c1. The lowest BCUT2D eigenvalue weighted by atomic mass is 9.91. The van der Waals surface area contributed by atoms with Gasteiger partial charge in [0.25, 0.3) is 0 Å². The number of benzene rings is 4. The molecule has 0 saturated heterocycles. The number of anilines is 2. The van der Waals surface area contributed by atoms with E-state index in [4.69, 9.17) is 0 Å². The van der Waals surface area contributed by atoms with Crippen LogP contribution in [0.3, 0.4) is 0 Å². The highest BCUT2D eigenvalue weighted by Gasteiger charge is 2.37. The van der Waals surface area contributed by atoms with Crippen molar-refractivity contribution in [3.8, 4) is 16.8 Å². The van der Waals surface area contributed by atoms with E-state index in [0.29, 0.717) is 5.92 Å². The highest BCUT2D eigenvalue weighted by Crippen LogP contribution is 2.48. The van der Waals surface area contributed by atoms with Crippen molar-refractivity contribution >= 4 is 49.1 Å². The Bertz CT molecular complexity index is 1910. The van der Waals surface area contributed by atoms with Gasteiger partial charge in [-0.1, -0.05) is 78.9 Å². The number of fused-ring (bicyclic) bond motifs is 6. The van der Waals surface area contributed by atoms with Crippen molar-refractivity contribution in [1.82, 2.24) is 9.55 Å². The molecular weight excluding hydrogens is 542 g/mol. The Labute approximate surface area is 235 Å². The highest BCUT2D eigenvalue weighted by atomic mass is 79.9. The predicted octanol–water partition coefficient (Wildman–Crippen LogP) is 9.34. The molecule has 0 bridgehead atoms. The van der Waals surface area contributed by atoms with Crippen molar-refractivity contribution < 1.29 is 0 Å². The minimum absolute atomic E-state index is 0.231. The summed E-state index contributed by atoms with van der Waals surface area (Å²) in [6.45, 7) is 0. The molecule has 2 unspecified atom stereocenters. The van der Waals surface area contributed by atoms with Gasteiger partial charge >= 0.3 is 0 Å². The van der Waals surface area contributed by atoms with Crippen molar-refractivity contribution in [3.05, 3.63) is 144 Å². The number of aromatic nitrogens is 2. The molecule has 2 atom stereocenters. The van der Waals surface area contributed by atoms with Gasteiger partial charge in [0.1, 0.15) is 0 Å². The second kappa shape index (κ2) is 8.82. The van der Waals surface area contributed by atoms with Crippen LogP contribution in [0, 0.1) is 0 Å². The Morgan fingerprint density at radius 3 is 2.13 bits per heavy atom. The summed E-state index contributed by atoms with van der Waals surface area (Å²) < 4.78 is 3.37. The monoisotopic (exact) mass is 565 g/mol. The smallest absolute Gasteiger partial charge is 0.0629 e. The summed E-state index contributed by atoms with van der Waals surface area (Å²) in [6.07, 6.45) is 12.8. The van der Waals surface area contributed by atoms with Gasteiger partial charge < -0.3 is 9.47 Å². The summed E-state index contributed by atoms with van der Waals surface area (Å²) in [6, 6.07) is 35.5. The molecule has 2 aliphatic rings. The number of allylic oxidation sites excluding steroid dienone is 2. The van der Waals surface area contributed by atoms with Gasteiger partial charge in [-0.2, -0.15) is 0 Å². The molecule has 6 aromatic rings. The van der Waals surface area contributed by atoms with Crippen molar-refractivity contribution in [2.75, 3.05) is 4.90 Å². The zero-order valence-corrected chi connectivity index (χ0v) is 22.7. The maximum Gasteiger partial charge on any atom is 0.0629 e. The van der Waals surface area contributed by atoms with E-state index < -0.39 is 0 Å². The summed E-state index contributed by atoms with van der Waals surface area (Å²) in [7, 11) is 0. The lowest BCUT2D eigenvalue weighted by molar-refractivity contribution is 0.744. The second-order valence-electron chi connectivity index (χ2n) is 10.2. The van der Waals surface area contributed by atoms with Gasteiger partial charge in [0.05, 0.1) is 17.1 Å². The van der Waals surface area contributed by atoms with Crippen molar-refractivity contribution in [2.24, 2.45) is 0 Å². The molecule has 0 saturated carbocycles. The number of halogens is 1. The molecule has 4 aromatic carbocycles. The van der Waals surface area contributed by atoms with Gasteiger partial charge in [0, 0.05) is 56.2 Å². The third-order valence-electron chi connectivity index (χ3n) is 8.02. The molecular formula is C35H24BrN3. The van der Waals surface area contributed by atoms with Crippen LogP contribution in [0.25, 0.3) is 38.6 Å². The molecule has 0 N–H and O–H groups in total. The highest BCUT2D eigenvalue weighted by molar-refractivity contribution is 9.10. The zero-order chi connectivity index (χ0) is 25.9. The van der Waals surface area contributed by atoms with E-state index in [1.807, 2.05) is 12.4 Å². The molecule has 0 fully saturated rings. The summed E-state index contributed by atoms with van der Waals surface area (Å²) in [5.41, 5.74) is 9.56. The summed E-state index contributed by atoms with van der Waals surface area (Å²) in [5.74, 6) is 0.332. The molecule has 1 aliphatic heterocycles. The van der Waals surface area contributed by atoms with Crippen molar-refractivity contribution in [1.29, 1.82) is 0 Å². The predicted molar refractivity (Wildman–Crippen MR) is 165 cm³/mol. The average Bonchev–Trinajstić information content (AvgIpc) is 3.50. The second-order valence-corrected chi connectivity index (χ2v) is 11.1. The lowest BCUT2D eigenvalue weighted by Gasteiger charge is -2.29. The standard InChI is InChI=1S/C35H24BrN3/c36-25-17-24(21-37-22-25)23-18-26(38-32-13-5-1-9-28(32)29-10-2-6-14-33(29)38)20-27(19-23)39-34-15-7-3-11-30(34)31-12-4-8-16-35(31)39/h1-22,28,32H. The van der Waals surface area contributed by atoms with Crippen LogP contribution < -0.4 is 4.90 Å². The van der Waals surface area contributed by atoms with Crippen LogP contribution in [0.2, 0.25) is 0 Å². The maximum atomic E-state index is 4.49. The topological polar surface area (TPSA) is 21.1 Å². The summed E-state index contributed by atoms with van der Waals surface area (Å²) >= 11 is 3.64. The number of para-hydroxylation sites is 3. The fourth-order valence-electron chi connectivity index (χ4n) is 6.39. The average molecular weight is 567 g/mol. The van der Waals surface area contributed by atoms with Gasteiger partial charge in [0.2, 0.25) is 0 Å². The molecule has 186 valence electrons. The first-order valence-electron chi connectivity index (χ1n) is 13.2. The van der Waals surface area contributed by atoms with E-state index in [1.165, 1.54) is 38.7 Å². The zero-order valence-electron chi connectivity index (χ0n) is 21.1. The Kier molecular flexibility index (Phi) is 5.10. The first-order chi connectivity index (χ1) is 19.3. The first kappa shape index (κ1) is 22.6. The maximum absolute atomic E-state index is 4.49. The third kappa shape index (κ3) is 3.52. The molecule has 39 heavy (non-hydrogen) atoms. The van der Waals surface area contributed by atoms with Gasteiger partial charge in [0.15, 0.2) is 0 Å². The van der Waals surface area contributed by atoms with Gasteiger partial charge in [-0.3, -0.25) is 4.98 Å². The van der Waals surface area contributed by atoms with Crippen LogP contribution in [-0.2, 0) is 0 Å². The number of nitrogens with zero attached hydrogens (tertiary/aromatic N) is 3. The van der Waals surface area contributed by atoms with Gasteiger partial charge in [-0.25, -0.2) is 0 Å². The van der Waals surface area contributed by atoms with E-state index in [2.05, 4.69) is 152 Å². The van der Waals surface area contributed by atoms with E-state index in [0.717, 1.165) is 21.3 Å². The Hall–Kier alpha value is -4.41. The molecule has 3 nitrogen and oxygen atoms in total. The molecule has 0 spiro atoms. The van der Waals surface area contributed by atoms with Crippen LogP contribution in [0.4, 0.5) is 11.4 Å². The van der Waals surface area contributed by atoms with Crippen LogP contribution in [0.1, 0.15) is 11.5 Å². The molecule has 4 heteroatoms. The molecule has 8 rings (SSSR count). The number of rotatable bonds is 3. The normalized spacial score (nSPS) is 17.6. The number of hydrogen-bond donors (Lipinski definition) is 0. The minimum atomic E-state index is 0.231. The minimum Gasteiger partial charge on any atom is -0.333 e. The molecule has 2 aromatic heterocycles. The fourth-order valence-corrected chi connectivity index (χ4v) is 6.76. The van der Waals surface area contributed by atoms with E-state index >= 15 is 0 Å². The summed E-state index contributed by atoms with van der Waals surface area (Å²) in [5, 5.41) is 2.52. The quantitative estimate of drug-likeness (QED) is 0.213. The molecule has 1 aliphatic carbocycles. The van der Waals surface area contributed by atoms with Gasteiger partial charge in [-0.15, -0.1) is 0 Å². The van der Waals surface area contributed by atoms with Crippen LogP contribution >= 0.6 is 15.9 Å². The summed E-state index contributed by atoms with van der Waals surface area (Å²) in [4.78, 5) is 7.00. The molecule has 0 radical (unpaired) electrons. The Balaban J connectivity index is 1.43. The fraction of sp³-hybridized carbons (Fsp3) is 0.0571. The number of pyridine rings is 1. The van der Waals surface area contributed by atoms with Gasteiger partial charge in [-0.05, 0) is 69.5 Å². The third-order valence-corrected chi connectivity index (χ3v) is 8.45. The first-order valence-corrected chi connectivity index (χ1v) is 14.0. The van der Waals surface area contributed by atoms with Crippen LogP contribution in [0.15, 0.2) is 138 Å². The van der Waals surface area contributed by atoms with Crippen molar-refractivity contribution in [3.63, 3.8) is 0 Å². The van der Waals surface area contributed by atoms with E-state index in [9.17, 15) is 0 Å². The lowest BCUT2D eigenvalue weighted by Crippen LogP contribution is -2.28. The molecule has 0 amide bonds. The van der Waals surface area contributed by atoms with Crippen LogP contribution in [0.5, 0.6) is 0 Å². The Morgan fingerprint density at radius 2 is 1.33 bits per heavy atom. The largest absolute Gasteiger partial charge is 0.333 e. The van der Waals surface area contributed by atoms with E-state index in [-0.39, 0.29) is 6.04 Å². The van der Waals surface area contributed by atoms with Crippen molar-refractivity contribution in [2.45, 2.75) is 12.0 Å². The number of hydrogen-bond acceptors (Lipinski definition) is 2. The Morgan fingerprint density at radius 1 is 0.641 bits per heavy atom. The molecule has 3 heterocycles.